The van der Waals surface area contributed by atoms with Gasteiger partial charge < -0.3 is 19.5 Å². The van der Waals surface area contributed by atoms with Gasteiger partial charge in [0.05, 0.1) is 27.0 Å². The average molecular weight is 273 g/mol. The van der Waals surface area contributed by atoms with Crippen molar-refractivity contribution >= 4 is 5.69 Å². The Bertz CT molecular complexity index is 569. The van der Waals surface area contributed by atoms with Crippen LogP contribution in [0.25, 0.3) is 0 Å². The van der Waals surface area contributed by atoms with Crippen LogP contribution in [0.3, 0.4) is 0 Å². The van der Waals surface area contributed by atoms with Crippen LogP contribution in [-0.4, -0.2) is 21.3 Å². The van der Waals surface area contributed by atoms with Crippen molar-refractivity contribution in [1.82, 2.24) is 0 Å². The van der Waals surface area contributed by atoms with Gasteiger partial charge >= 0.3 is 0 Å². The van der Waals surface area contributed by atoms with E-state index >= 15 is 0 Å². The molecule has 0 atom stereocenters. The van der Waals surface area contributed by atoms with Gasteiger partial charge in [-0.2, -0.15) is 0 Å². The lowest BCUT2D eigenvalue weighted by atomic mass is 10.2. The van der Waals surface area contributed by atoms with E-state index in [1.807, 2.05) is 42.5 Å². The third-order valence-corrected chi connectivity index (χ3v) is 3.07. The summed E-state index contributed by atoms with van der Waals surface area (Å²) in [6.45, 7) is 0.646. The highest BCUT2D eigenvalue weighted by molar-refractivity contribution is 5.57. The number of hydrogen-bond acceptors (Lipinski definition) is 4. The summed E-state index contributed by atoms with van der Waals surface area (Å²) in [4.78, 5) is 0. The number of nitrogens with one attached hydrogen (secondary N) is 1. The Morgan fingerprint density at radius 3 is 2.30 bits per heavy atom. The Hall–Kier alpha value is -2.36. The summed E-state index contributed by atoms with van der Waals surface area (Å²) in [6, 6.07) is 13.6. The molecule has 0 heterocycles. The van der Waals surface area contributed by atoms with Crippen LogP contribution >= 0.6 is 0 Å². The van der Waals surface area contributed by atoms with E-state index < -0.39 is 0 Å². The number of para-hydroxylation sites is 2. The molecule has 0 spiro atoms. The summed E-state index contributed by atoms with van der Waals surface area (Å²) in [5.41, 5.74) is 2.01. The smallest absolute Gasteiger partial charge is 0.141 e. The lowest BCUT2D eigenvalue weighted by Gasteiger charge is -2.13. The molecule has 0 fully saturated rings. The molecule has 0 aromatic heterocycles. The van der Waals surface area contributed by atoms with E-state index in [4.69, 9.17) is 14.2 Å². The average Bonchev–Trinajstić information content (AvgIpc) is 2.52. The van der Waals surface area contributed by atoms with Crippen LogP contribution in [0.2, 0.25) is 0 Å². The van der Waals surface area contributed by atoms with Gasteiger partial charge in [0, 0.05) is 18.2 Å². The Kier molecular flexibility index (Phi) is 4.71. The van der Waals surface area contributed by atoms with Crippen LogP contribution in [0.5, 0.6) is 17.2 Å². The van der Waals surface area contributed by atoms with Crippen LogP contribution in [0.4, 0.5) is 5.69 Å². The summed E-state index contributed by atoms with van der Waals surface area (Å²) in [7, 11) is 4.96. The molecule has 2 rings (SSSR count). The molecular weight excluding hydrogens is 254 g/mol. The number of methoxy groups -OCH3 is 3. The summed E-state index contributed by atoms with van der Waals surface area (Å²) in [6.07, 6.45) is 0. The fourth-order valence-corrected chi connectivity index (χ4v) is 1.98. The molecule has 0 aliphatic heterocycles. The Balaban J connectivity index is 2.14. The zero-order chi connectivity index (χ0) is 14.4. The van der Waals surface area contributed by atoms with E-state index in [0.29, 0.717) is 6.54 Å². The molecular formula is C16H19NO3. The van der Waals surface area contributed by atoms with Crippen molar-refractivity contribution in [2.24, 2.45) is 0 Å². The first-order valence-corrected chi connectivity index (χ1v) is 6.36. The molecule has 0 unspecified atom stereocenters. The first-order chi connectivity index (χ1) is 9.78. The maximum Gasteiger partial charge on any atom is 0.141 e. The van der Waals surface area contributed by atoms with Crippen LogP contribution in [0.1, 0.15) is 5.56 Å². The predicted octanol–water partition coefficient (Wildman–Crippen LogP) is 3.32. The quantitative estimate of drug-likeness (QED) is 0.876. The standard InChI is InChI=1S/C16H19NO3/c1-18-13-9-8-12(16(10-13)20-3)11-17-14-6-4-5-7-15(14)19-2/h4-10,17H,11H2,1-3H3. The molecule has 2 aromatic rings. The maximum absolute atomic E-state index is 5.38. The molecule has 4 nitrogen and oxygen atoms in total. The van der Waals surface area contributed by atoms with Gasteiger partial charge in [-0.05, 0) is 24.3 Å². The predicted molar refractivity (Wildman–Crippen MR) is 79.9 cm³/mol. The van der Waals surface area contributed by atoms with Gasteiger partial charge in [-0.15, -0.1) is 0 Å². The molecule has 0 bridgehead atoms. The Morgan fingerprint density at radius 1 is 0.850 bits per heavy atom. The van der Waals surface area contributed by atoms with E-state index in [-0.39, 0.29) is 0 Å². The van der Waals surface area contributed by atoms with E-state index in [9.17, 15) is 0 Å². The Labute approximate surface area is 119 Å². The lowest BCUT2D eigenvalue weighted by molar-refractivity contribution is 0.391. The summed E-state index contributed by atoms with van der Waals surface area (Å²) in [5.74, 6) is 2.40. The molecule has 0 aliphatic rings. The van der Waals surface area contributed by atoms with Gasteiger partial charge in [0.25, 0.3) is 0 Å². The van der Waals surface area contributed by atoms with Crippen LogP contribution in [-0.2, 0) is 6.54 Å². The van der Waals surface area contributed by atoms with Gasteiger partial charge in [0.15, 0.2) is 0 Å². The van der Waals surface area contributed by atoms with Gasteiger partial charge in [0.1, 0.15) is 17.2 Å². The SMILES string of the molecule is COc1ccc(CNc2ccccc2OC)c(OC)c1. The molecule has 0 saturated heterocycles. The van der Waals surface area contributed by atoms with Crippen LogP contribution in [0.15, 0.2) is 42.5 Å². The van der Waals surface area contributed by atoms with Crippen LogP contribution < -0.4 is 19.5 Å². The summed E-state index contributed by atoms with van der Waals surface area (Å²) < 4.78 is 15.9. The second kappa shape index (κ2) is 6.70. The number of anilines is 1. The van der Waals surface area contributed by atoms with E-state index in [2.05, 4.69) is 5.32 Å². The highest BCUT2D eigenvalue weighted by Gasteiger charge is 2.06. The van der Waals surface area contributed by atoms with Gasteiger partial charge in [-0.1, -0.05) is 12.1 Å². The number of benzene rings is 2. The molecule has 0 radical (unpaired) electrons. The molecule has 0 aliphatic carbocycles. The summed E-state index contributed by atoms with van der Waals surface area (Å²) in [5, 5.41) is 3.35. The molecule has 0 saturated carbocycles. The molecule has 20 heavy (non-hydrogen) atoms. The lowest BCUT2D eigenvalue weighted by Crippen LogP contribution is -2.03. The number of ether oxygens (including phenoxy) is 3. The minimum Gasteiger partial charge on any atom is -0.497 e. The van der Waals surface area contributed by atoms with Crippen LogP contribution in [0, 0.1) is 0 Å². The molecule has 0 amide bonds. The topological polar surface area (TPSA) is 39.7 Å². The third-order valence-electron chi connectivity index (χ3n) is 3.07. The van der Waals surface area contributed by atoms with Crippen molar-refractivity contribution in [3.63, 3.8) is 0 Å². The fraction of sp³-hybridized carbons (Fsp3) is 0.250. The minimum atomic E-state index is 0.646. The van der Waals surface area contributed by atoms with Crippen molar-refractivity contribution in [3.05, 3.63) is 48.0 Å². The fourth-order valence-electron chi connectivity index (χ4n) is 1.98. The highest BCUT2D eigenvalue weighted by atomic mass is 16.5. The maximum atomic E-state index is 5.38. The first kappa shape index (κ1) is 14.1. The zero-order valence-corrected chi connectivity index (χ0v) is 12.0. The minimum absolute atomic E-state index is 0.646. The van der Waals surface area contributed by atoms with Gasteiger partial charge in [0.2, 0.25) is 0 Å². The Morgan fingerprint density at radius 2 is 1.60 bits per heavy atom. The van der Waals surface area contributed by atoms with Crippen molar-refractivity contribution in [3.8, 4) is 17.2 Å². The molecule has 2 aromatic carbocycles. The normalized spacial score (nSPS) is 9.95. The number of hydrogen-bond donors (Lipinski definition) is 1. The van der Waals surface area contributed by atoms with Crippen molar-refractivity contribution in [2.75, 3.05) is 26.6 Å². The second-order valence-electron chi connectivity index (χ2n) is 4.23. The highest BCUT2D eigenvalue weighted by Crippen LogP contribution is 2.27. The van der Waals surface area contributed by atoms with E-state index in [0.717, 1.165) is 28.5 Å². The summed E-state index contributed by atoms with van der Waals surface area (Å²) >= 11 is 0. The van der Waals surface area contributed by atoms with E-state index in [1.54, 1.807) is 21.3 Å². The van der Waals surface area contributed by atoms with Crippen molar-refractivity contribution in [1.29, 1.82) is 0 Å². The zero-order valence-electron chi connectivity index (χ0n) is 12.0. The molecule has 4 heteroatoms. The largest absolute Gasteiger partial charge is 0.497 e. The first-order valence-electron chi connectivity index (χ1n) is 6.36. The second-order valence-corrected chi connectivity index (χ2v) is 4.23. The number of rotatable bonds is 6. The van der Waals surface area contributed by atoms with E-state index in [1.165, 1.54) is 0 Å². The third kappa shape index (κ3) is 3.15. The van der Waals surface area contributed by atoms with Crippen molar-refractivity contribution < 1.29 is 14.2 Å². The molecule has 1 N–H and O–H groups in total. The van der Waals surface area contributed by atoms with Crippen molar-refractivity contribution in [2.45, 2.75) is 6.54 Å². The monoisotopic (exact) mass is 273 g/mol. The van der Waals surface area contributed by atoms with Gasteiger partial charge in [-0.3, -0.25) is 0 Å². The molecule has 106 valence electrons. The van der Waals surface area contributed by atoms with Gasteiger partial charge in [-0.25, -0.2) is 0 Å².